The number of benzene rings is 2. The third-order valence-electron chi connectivity index (χ3n) is 7.03. The molecule has 1 aromatic heterocycles. The summed E-state index contributed by atoms with van der Waals surface area (Å²) in [6.07, 6.45) is -0.00786. The molecule has 8 nitrogen and oxygen atoms in total. The van der Waals surface area contributed by atoms with Crippen LogP contribution < -0.4 is 20.7 Å². The summed E-state index contributed by atoms with van der Waals surface area (Å²) in [6.45, 7) is 2.74. The van der Waals surface area contributed by atoms with Gasteiger partial charge in [-0.3, -0.25) is 4.79 Å². The van der Waals surface area contributed by atoms with Gasteiger partial charge in [0.1, 0.15) is 0 Å². The molecule has 2 aromatic carbocycles. The van der Waals surface area contributed by atoms with E-state index in [2.05, 4.69) is 30.7 Å². The van der Waals surface area contributed by atoms with Gasteiger partial charge in [0.2, 0.25) is 5.95 Å². The minimum atomic E-state index is -5.01. The van der Waals surface area contributed by atoms with Gasteiger partial charge in [-0.2, -0.15) is 0 Å². The second-order valence-electron chi connectivity index (χ2n) is 9.79. The Balaban J connectivity index is 1.37. The number of aromatic nitrogens is 2. The maximum atomic E-state index is 14.6. The van der Waals surface area contributed by atoms with Crippen molar-refractivity contribution in [3.63, 3.8) is 0 Å². The smallest absolute Gasteiger partial charge is 0.403 e. The van der Waals surface area contributed by atoms with Gasteiger partial charge in [-0.05, 0) is 68.0 Å². The number of amides is 1. The standard InChI is InChI=1S/C27H29F4N5O3/c28-21-12-16(5-6-23(21)39-27(29,30)31)24(19-2-1-9-32-14-19)36-25(37)17-3-4-18-15-33-26(35-22(18)13-17)34-20-7-10-38-11-8-20/h3-6,12-13,15,19-20,24,32H,1-2,7-11,14H2,(H,36,37)(H,33,34,35)/t19-,24-/m1/s1. The molecular weight excluding hydrogens is 518 g/mol. The van der Waals surface area contributed by atoms with E-state index in [1.54, 1.807) is 24.4 Å². The lowest BCUT2D eigenvalue weighted by molar-refractivity contribution is -0.275. The predicted molar refractivity (Wildman–Crippen MR) is 136 cm³/mol. The Morgan fingerprint density at radius 2 is 1.95 bits per heavy atom. The molecule has 12 heteroatoms. The first-order chi connectivity index (χ1) is 18.7. The first-order valence-corrected chi connectivity index (χ1v) is 12.9. The van der Waals surface area contributed by atoms with E-state index in [0.717, 1.165) is 49.7 Å². The molecule has 0 unspecified atom stereocenters. The van der Waals surface area contributed by atoms with Crippen LogP contribution in [-0.2, 0) is 4.74 Å². The van der Waals surface area contributed by atoms with Crippen LogP contribution in [0.25, 0.3) is 10.9 Å². The van der Waals surface area contributed by atoms with Gasteiger partial charge in [-0.15, -0.1) is 13.2 Å². The molecule has 3 N–H and O–H groups in total. The highest BCUT2D eigenvalue weighted by Gasteiger charge is 2.33. The quantitative estimate of drug-likeness (QED) is 0.368. The molecule has 3 aromatic rings. The summed E-state index contributed by atoms with van der Waals surface area (Å²) in [5.74, 6) is -2.09. The summed E-state index contributed by atoms with van der Waals surface area (Å²) in [4.78, 5) is 22.3. The lowest BCUT2D eigenvalue weighted by Gasteiger charge is -2.32. The number of piperidine rings is 1. The van der Waals surface area contributed by atoms with Crippen LogP contribution in [0.2, 0.25) is 0 Å². The van der Waals surface area contributed by atoms with Gasteiger partial charge in [0.05, 0.1) is 11.6 Å². The maximum Gasteiger partial charge on any atom is 0.573 e. The zero-order chi connectivity index (χ0) is 27.4. The summed E-state index contributed by atoms with van der Waals surface area (Å²) in [6, 6.07) is 7.93. The number of nitrogens with zero attached hydrogens (tertiary/aromatic N) is 2. The van der Waals surface area contributed by atoms with E-state index in [9.17, 15) is 22.4 Å². The van der Waals surface area contributed by atoms with Crippen molar-refractivity contribution in [2.24, 2.45) is 5.92 Å². The van der Waals surface area contributed by atoms with Crippen LogP contribution in [-0.4, -0.2) is 54.6 Å². The van der Waals surface area contributed by atoms with Crippen LogP contribution in [0.3, 0.4) is 0 Å². The molecular formula is C27H29F4N5O3. The minimum Gasteiger partial charge on any atom is -0.403 e. The molecule has 39 heavy (non-hydrogen) atoms. The first kappa shape index (κ1) is 27.1. The SMILES string of the molecule is O=C(N[C@H](c1ccc(OC(F)(F)F)c(F)c1)[C@@H]1CCCNC1)c1ccc2cnc(NC3CCOCC3)nc2c1. The highest BCUT2D eigenvalue weighted by Crippen LogP contribution is 2.32. The molecule has 2 aliphatic heterocycles. The number of hydrogen-bond donors (Lipinski definition) is 3. The highest BCUT2D eigenvalue weighted by atomic mass is 19.4. The molecule has 0 spiro atoms. The van der Waals surface area contributed by atoms with Gasteiger partial charge in [0, 0.05) is 42.9 Å². The summed E-state index contributed by atoms with van der Waals surface area (Å²) in [7, 11) is 0. The lowest BCUT2D eigenvalue weighted by atomic mass is 9.87. The molecule has 3 heterocycles. The van der Waals surface area contributed by atoms with E-state index in [0.29, 0.717) is 42.4 Å². The number of hydrogen-bond acceptors (Lipinski definition) is 7. The fraction of sp³-hybridized carbons (Fsp3) is 0.444. The molecule has 2 atom stereocenters. The molecule has 2 fully saturated rings. The van der Waals surface area contributed by atoms with Crippen LogP contribution in [0.1, 0.15) is 47.6 Å². The minimum absolute atomic E-state index is 0.0884. The van der Waals surface area contributed by atoms with Gasteiger partial charge in [-0.25, -0.2) is 14.4 Å². The van der Waals surface area contributed by atoms with E-state index in [1.165, 1.54) is 6.07 Å². The van der Waals surface area contributed by atoms with Crippen molar-refractivity contribution < 1.29 is 31.8 Å². The van der Waals surface area contributed by atoms with Crippen molar-refractivity contribution in [3.05, 3.63) is 59.5 Å². The normalized spacial score (nSPS) is 19.4. The van der Waals surface area contributed by atoms with E-state index in [4.69, 9.17) is 4.74 Å². The maximum absolute atomic E-state index is 14.6. The number of rotatable bonds is 7. The molecule has 2 saturated heterocycles. The van der Waals surface area contributed by atoms with Crippen molar-refractivity contribution in [1.29, 1.82) is 0 Å². The Kier molecular flexibility index (Phi) is 8.12. The van der Waals surface area contributed by atoms with Crippen LogP contribution in [0.15, 0.2) is 42.6 Å². The third kappa shape index (κ3) is 6.93. The number of fused-ring (bicyclic) bond motifs is 1. The van der Waals surface area contributed by atoms with E-state index >= 15 is 0 Å². The predicted octanol–water partition coefficient (Wildman–Crippen LogP) is 4.73. The van der Waals surface area contributed by atoms with E-state index in [1.807, 2.05) is 0 Å². The number of ether oxygens (including phenoxy) is 2. The van der Waals surface area contributed by atoms with Crippen LogP contribution in [0.5, 0.6) is 5.75 Å². The van der Waals surface area contributed by atoms with Crippen LogP contribution in [0, 0.1) is 11.7 Å². The van der Waals surface area contributed by atoms with Crippen LogP contribution >= 0.6 is 0 Å². The van der Waals surface area contributed by atoms with Crippen LogP contribution in [0.4, 0.5) is 23.5 Å². The fourth-order valence-electron chi connectivity index (χ4n) is 5.04. The monoisotopic (exact) mass is 547 g/mol. The number of anilines is 1. The second-order valence-corrected chi connectivity index (χ2v) is 9.79. The summed E-state index contributed by atoms with van der Waals surface area (Å²) >= 11 is 0. The summed E-state index contributed by atoms with van der Waals surface area (Å²) in [5.41, 5.74) is 1.29. The van der Waals surface area contributed by atoms with Gasteiger partial charge >= 0.3 is 6.36 Å². The highest BCUT2D eigenvalue weighted by molar-refractivity contribution is 5.98. The molecule has 0 radical (unpaired) electrons. The second kappa shape index (κ2) is 11.7. The van der Waals surface area contributed by atoms with Crippen molar-refractivity contribution in [2.75, 3.05) is 31.6 Å². The zero-order valence-corrected chi connectivity index (χ0v) is 21.1. The van der Waals surface area contributed by atoms with Crippen molar-refractivity contribution in [2.45, 2.75) is 44.1 Å². The fourth-order valence-corrected chi connectivity index (χ4v) is 5.04. The third-order valence-corrected chi connectivity index (χ3v) is 7.03. The van der Waals surface area contributed by atoms with Crippen molar-refractivity contribution in [1.82, 2.24) is 20.6 Å². The number of nitrogens with one attached hydrogen (secondary N) is 3. The summed E-state index contributed by atoms with van der Waals surface area (Å²) < 4.78 is 61.6. The largest absolute Gasteiger partial charge is 0.573 e. The van der Waals surface area contributed by atoms with Gasteiger partial charge < -0.3 is 25.4 Å². The molecule has 0 bridgehead atoms. The number of halogens is 4. The number of alkyl halides is 3. The van der Waals surface area contributed by atoms with E-state index < -0.39 is 29.9 Å². The average molecular weight is 548 g/mol. The van der Waals surface area contributed by atoms with Crippen molar-refractivity contribution >= 4 is 22.8 Å². The van der Waals surface area contributed by atoms with Gasteiger partial charge in [0.25, 0.3) is 5.91 Å². The summed E-state index contributed by atoms with van der Waals surface area (Å²) in [5, 5.41) is 10.3. The van der Waals surface area contributed by atoms with E-state index in [-0.39, 0.29) is 12.0 Å². The molecule has 2 aliphatic rings. The number of carbonyl (C=O) groups is 1. The Morgan fingerprint density at radius 1 is 1.13 bits per heavy atom. The molecule has 5 rings (SSSR count). The Hall–Kier alpha value is -3.51. The Labute approximate surface area is 222 Å². The number of carbonyl (C=O) groups excluding carboxylic acids is 1. The van der Waals surface area contributed by atoms with Crippen molar-refractivity contribution in [3.8, 4) is 5.75 Å². The topological polar surface area (TPSA) is 97.4 Å². The molecule has 1 amide bonds. The Bertz CT molecular complexity index is 1310. The molecule has 0 aliphatic carbocycles. The van der Waals surface area contributed by atoms with Gasteiger partial charge in [-0.1, -0.05) is 12.1 Å². The lowest BCUT2D eigenvalue weighted by Crippen LogP contribution is -2.41. The average Bonchev–Trinajstić information content (AvgIpc) is 2.93. The van der Waals surface area contributed by atoms with Gasteiger partial charge in [0.15, 0.2) is 11.6 Å². The zero-order valence-electron chi connectivity index (χ0n) is 21.1. The first-order valence-electron chi connectivity index (χ1n) is 12.9. The Morgan fingerprint density at radius 3 is 2.67 bits per heavy atom. The molecule has 0 saturated carbocycles. The molecule has 208 valence electrons.